The lowest BCUT2D eigenvalue weighted by Gasteiger charge is -2.22. The van der Waals surface area contributed by atoms with Crippen LogP contribution < -0.4 is 10.6 Å². The van der Waals surface area contributed by atoms with Crippen LogP contribution in [-0.4, -0.2) is 49.6 Å². The van der Waals surface area contributed by atoms with E-state index in [4.69, 9.17) is 0 Å². The molecule has 3 fully saturated rings. The van der Waals surface area contributed by atoms with E-state index in [2.05, 4.69) is 27.4 Å². The molecule has 3 aliphatic rings. The van der Waals surface area contributed by atoms with E-state index in [0.717, 1.165) is 43.5 Å². The third-order valence-corrected chi connectivity index (χ3v) is 4.49. The van der Waals surface area contributed by atoms with Gasteiger partial charge in [-0.15, -0.1) is 0 Å². The Balaban J connectivity index is 1.37. The van der Waals surface area contributed by atoms with Gasteiger partial charge in [0.05, 0.1) is 0 Å². The Morgan fingerprint density at radius 3 is 2.40 bits per heavy atom. The van der Waals surface area contributed by atoms with Crippen LogP contribution in [0, 0.1) is 11.8 Å². The number of nitrogens with one attached hydrogen (secondary N) is 2. The molecule has 0 aliphatic heterocycles. The number of hydrogen-bond acceptors (Lipinski definition) is 2. The van der Waals surface area contributed by atoms with Crippen LogP contribution in [0.25, 0.3) is 0 Å². The molecule has 3 rings (SSSR count). The number of guanidine groups is 1. The van der Waals surface area contributed by atoms with E-state index in [1.54, 1.807) is 0 Å². The van der Waals surface area contributed by atoms with Gasteiger partial charge in [0.2, 0.25) is 0 Å². The number of nitrogens with zero attached hydrogens (tertiary/aromatic N) is 2. The summed E-state index contributed by atoms with van der Waals surface area (Å²) in [6.45, 7) is 7.63. The fraction of sp³-hybridized carbons (Fsp3) is 0.938. The van der Waals surface area contributed by atoms with Gasteiger partial charge >= 0.3 is 0 Å². The molecule has 0 aromatic rings. The summed E-state index contributed by atoms with van der Waals surface area (Å²) in [5.74, 6) is 2.89. The molecule has 0 unspecified atom stereocenters. The zero-order chi connectivity index (χ0) is 13.8. The molecule has 0 aromatic heterocycles. The Morgan fingerprint density at radius 1 is 1.05 bits per heavy atom. The minimum absolute atomic E-state index is 0.864. The van der Waals surface area contributed by atoms with Crippen molar-refractivity contribution in [2.75, 3.05) is 32.7 Å². The van der Waals surface area contributed by atoms with E-state index in [1.165, 1.54) is 51.6 Å². The van der Waals surface area contributed by atoms with Gasteiger partial charge in [0.25, 0.3) is 0 Å². The average molecular weight is 278 g/mol. The number of rotatable bonds is 9. The van der Waals surface area contributed by atoms with E-state index in [9.17, 15) is 0 Å². The Kier molecular flexibility index (Phi) is 4.81. The van der Waals surface area contributed by atoms with E-state index in [1.807, 2.05) is 0 Å². The molecule has 3 saturated carbocycles. The minimum atomic E-state index is 0.864. The first kappa shape index (κ1) is 14.2. The number of aliphatic imine (C=N–C) groups is 1. The topological polar surface area (TPSA) is 39.7 Å². The molecular formula is C16H30N4. The summed E-state index contributed by atoms with van der Waals surface area (Å²) in [5, 5.41) is 6.87. The van der Waals surface area contributed by atoms with Gasteiger partial charge in [0.15, 0.2) is 5.96 Å². The van der Waals surface area contributed by atoms with Crippen molar-refractivity contribution >= 4 is 5.96 Å². The van der Waals surface area contributed by atoms with E-state index < -0.39 is 0 Å². The molecular weight excluding hydrogens is 248 g/mol. The summed E-state index contributed by atoms with van der Waals surface area (Å²) in [6, 6.07) is 0.892. The van der Waals surface area contributed by atoms with Gasteiger partial charge < -0.3 is 10.6 Å². The van der Waals surface area contributed by atoms with Crippen LogP contribution in [0.1, 0.15) is 45.4 Å². The smallest absolute Gasteiger partial charge is 0.191 e. The molecule has 0 radical (unpaired) electrons. The predicted molar refractivity (Wildman–Crippen MR) is 84.0 cm³/mol. The maximum absolute atomic E-state index is 4.68. The van der Waals surface area contributed by atoms with Crippen molar-refractivity contribution in [3.63, 3.8) is 0 Å². The van der Waals surface area contributed by atoms with Gasteiger partial charge in [-0.2, -0.15) is 0 Å². The summed E-state index contributed by atoms with van der Waals surface area (Å²) in [5.41, 5.74) is 0. The molecule has 2 N–H and O–H groups in total. The van der Waals surface area contributed by atoms with E-state index in [0.29, 0.717) is 0 Å². The molecule has 0 amide bonds. The first-order valence-electron chi connectivity index (χ1n) is 8.61. The Hall–Kier alpha value is -0.770. The summed E-state index contributed by atoms with van der Waals surface area (Å²) < 4.78 is 0. The Bertz CT molecular complexity index is 329. The molecule has 0 atom stereocenters. The highest BCUT2D eigenvalue weighted by molar-refractivity contribution is 5.79. The third kappa shape index (κ3) is 4.97. The summed E-state index contributed by atoms with van der Waals surface area (Å²) >= 11 is 0. The lowest BCUT2D eigenvalue weighted by atomic mass is 10.3. The first-order chi connectivity index (χ1) is 9.85. The van der Waals surface area contributed by atoms with Crippen molar-refractivity contribution in [3.05, 3.63) is 0 Å². The summed E-state index contributed by atoms with van der Waals surface area (Å²) in [4.78, 5) is 7.39. The Labute approximate surface area is 123 Å². The summed E-state index contributed by atoms with van der Waals surface area (Å²) in [6.07, 6.45) is 8.51. The standard InChI is InChI=1S/C16H30N4/c1-2-17-16(19-11-13-3-4-13)18-9-10-20(15-7-8-15)12-14-5-6-14/h13-15H,2-12H2,1H3,(H2,17,18,19). The molecule has 114 valence electrons. The SMILES string of the molecule is CCNC(=NCC1CC1)NCCN(CC1CC1)C1CC1. The van der Waals surface area contributed by atoms with Gasteiger partial charge in [0, 0.05) is 38.8 Å². The third-order valence-electron chi connectivity index (χ3n) is 4.49. The summed E-state index contributed by atoms with van der Waals surface area (Å²) in [7, 11) is 0. The van der Waals surface area contributed by atoms with Crippen LogP contribution in [0.3, 0.4) is 0 Å². The highest BCUT2D eigenvalue weighted by Crippen LogP contribution is 2.34. The molecule has 0 saturated heterocycles. The molecule has 3 aliphatic carbocycles. The van der Waals surface area contributed by atoms with Crippen LogP contribution >= 0.6 is 0 Å². The second-order valence-corrected chi connectivity index (χ2v) is 6.76. The molecule has 0 bridgehead atoms. The van der Waals surface area contributed by atoms with Crippen molar-refractivity contribution in [1.29, 1.82) is 0 Å². The molecule has 20 heavy (non-hydrogen) atoms. The van der Waals surface area contributed by atoms with Crippen molar-refractivity contribution < 1.29 is 0 Å². The highest BCUT2D eigenvalue weighted by Gasteiger charge is 2.33. The molecule has 0 aromatic carbocycles. The van der Waals surface area contributed by atoms with E-state index >= 15 is 0 Å². The molecule has 4 nitrogen and oxygen atoms in total. The largest absolute Gasteiger partial charge is 0.357 e. The second kappa shape index (κ2) is 6.79. The maximum atomic E-state index is 4.68. The second-order valence-electron chi connectivity index (χ2n) is 6.76. The zero-order valence-electron chi connectivity index (χ0n) is 12.9. The fourth-order valence-electron chi connectivity index (χ4n) is 2.68. The predicted octanol–water partition coefficient (Wildman–Crippen LogP) is 1.83. The van der Waals surface area contributed by atoms with Crippen molar-refractivity contribution in [2.45, 2.75) is 51.5 Å². The zero-order valence-corrected chi connectivity index (χ0v) is 12.9. The lowest BCUT2D eigenvalue weighted by molar-refractivity contribution is 0.256. The molecule has 4 heteroatoms. The van der Waals surface area contributed by atoms with Gasteiger partial charge in [-0.1, -0.05) is 0 Å². The van der Waals surface area contributed by atoms with Gasteiger partial charge in [0.1, 0.15) is 0 Å². The van der Waals surface area contributed by atoms with Gasteiger partial charge in [-0.3, -0.25) is 9.89 Å². The van der Waals surface area contributed by atoms with E-state index in [-0.39, 0.29) is 0 Å². The Morgan fingerprint density at radius 2 is 1.80 bits per heavy atom. The highest BCUT2D eigenvalue weighted by atomic mass is 15.2. The molecule has 0 spiro atoms. The van der Waals surface area contributed by atoms with Crippen molar-refractivity contribution in [3.8, 4) is 0 Å². The first-order valence-corrected chi connectivity index (χ1v) is 8.61. The quantitative estimate of drug-likeness (QED) is 0.499. The van der Waals surface area contributed by atoms with Gasteiger partial charge in [-0.05, 0) is 57.3 Å². The minimum Gasteiger partial charge on any atom is -0.357 e. The van der Waals surface area contributed by atoms with Crippen molar-refractivity contribution in [2.24, 2.45) is 16.8 Å². The van der Waals surface area contributed by atoms with Crippen LogP contribution in [0.5, 0.6) is 0 Å². The lowest BCUT2D eigenvalue weighted by Crippen LogP contribution is -2.42. The average Bonchev–Trinajstić information content (AvgIpc) is 3.27. The maximum Gasteiger partial charge on any atom is 0.191 e. The van der Waals surface area contributed by atoms with Crippen LogP contribution in [0.2, 0.25) is 0 Å². The fourth-order valence-corrected chi connectivity index (χ4v) is 2.68. The van der Waals surface area contributed by atoms with Gasteiger partial charge in [-0.25, -0.2) is 0 Å². The monoisotopic (exact) mass is 278 g/mol. The van der Waals surface area contributed by atoms with Crippen molar-refractivity contribution in [1.82, 2.24) is 15.5 Å². The van der Waals surface area contributed by atoms with Crippen LogP contribution in [0.15, 0.2) is 4.99 Å². The number of hydrogen-bond donors (Lipinski definition) is 2. The normalized spacial score (nSPS) is 23.2. The van der Waals surface area contributed by atoms with Crippen LogP contribution in [-0.2, 0) is 0 Å². The van der Waals surface area contributed by atoms with Crippen LogP contribution in [0.4, 0.5) is 0 Å². The molecule has 0 heterocycles.